The molecular weight excluding hydrogens is 326 g/mol. The van der Waals surface area contributed by atoms with E-state index in [1.807, 2.05) is 56.3 Å². The summed E-state index contributed by atoms with van der Waals surface area (Å²) in [4.78, 5) is 23.7. The average molecular weight is 351 g/mol. The van der Waals surface area contributed by atoms with Crippen molar-refractivity contribution < 1.29 is 14.3 Å². The fraction of sp³-hybridized carbons (Fsp3) is 0.273. The van der Waals surface area contributed by atoms with Crippen molar-refractivity contribution in [1.29, 1.82) is 0 Å². The largest absolute Gasteiger partial charge is 0.452 e. The highest BCUT2D eigenvalue weighted by Gasteiger charge is 2.07. The Morgan fingerprint density at radius 1 is 1.08 bits per heavy atom. The van der Waals surface area contributed by atoms with E-state index in [0.717, 1.165) is 22.4 Å². The predicted octanol–water partition coefficient (Wildman–Crippen LogP) is 4.62. The molecule has 0 bridgehead atoms. The molecule has 0 atom stereocenters. The van der Waals surface area contributed by atoms with Crippen LogP contribution in [0.3, 0.4) is 0 Å². The SMILES string of the molecule is Cc1ccc(NC(=O)COC(=O)C=Cc2ccc(C(C)C)cc2)c(C)c1. The van der Waals surface area contributed by atoms with Crippen molar-refractivity contribution in [1.82, 2.24) is 0 Å². The van der Waals surface area contributed by atoms with Gasteiger partial charge in [0.2, 0.25) is 0 Å². The molecule has 0 heterocycles. The van der Waals surface area contributed by atoms with Gasteiger partial charge < -0.3 is 10.1 Å². The molecule has 0 aliphatic carbocycles. The van der Waals surface area contributed by atoms with Crippen LogP contribution in [-0.2, 0) is 14.3 Å². The highest BCUT2D eigenvalue weighted by Crippen LogP contribution is 2.16. The van der Waals surface area contributed by atoms with Gasteiger partial charge in [0.15, 0.2) is 6.61 Å². The summed E-state index contributed by atoms with van der Waals surface area (Å²) in [5, 5.41) is 2.74. The number of anilines is 1. The smallest absolute Gasteiger partial charge is 0.331 e. The number of ether oxygens (including phenoxy) is 1. The minimum absolute atomic E-state index is 0.317. The third kappa shape index (κ3) is 5.88. The van der Waals surface area contributed by atoms with Crippen molar-refractivity contribution in [3.05, 3.63) is 70.8 Å². The van der Waals surface area contributed by atoms with Gasteiger partial charge >= 0.3 is 5.97 Å². The molecule has 0 spiro atoms. The van der Waals surface area contributed by atoms with E-state index in [9.17, 15) is 9.59 Å². The van der Waals surface area contributed by atoms with Crippen LogP contribution in [-0.4, -0.2) is 18.5 Å². The molecule has 1 amide bonds. The molecule has 0 aliphatic heterocycles. The fourth-order valence-electron chi connectivity index (χ4n) is 2.48. The van der Waals surface area contributed by atoms with E-state index in [4.69, 9.17) is 4.74 Å². The first-order chi connectivity index (χ1) is 12.3. The first-order valence-electron chi connectivity index (χ1n) is 8.67. The second-order valence-electron chi connectivity index (χ2n) is 6.63. The van der Waals surface area contributed by atoms with E-state index >= 15 is 0 Å². The summed E-state index contributed by atoms with van der Waals surface area (Å²) < 4.78 is 4.99. The van der Waals surface area contributed by atoms with Crippen molar-refractivity contribution in [3.8, 4) is 0 Å². The van der Waals surface area contributed by atoms with E-state index in [1.54, 1.807) is 6.08 Å². The van der Waals surface area contributed by atoms with Gasteiger partial charge in [0.05, 0.1) is 0 Å². The number of amides is 1. The number of aryl methyl sites for hydroxylation is 2. The first-order valence-corrected chi connectivity index (χ1v) is 8.67. The molecule has 0 aromatic heterocycles. The number of hydrogen-bond acceptors (Lipinski definition) is 3. The second kappa shape index (κ2) is 8.99. The quantitative estimate of drug-likeness (QED) is 0.610. The molecule has 0 aliphatic rings. The van der Waals surface area contributed by atoms with Gasteiger partial charge in [-0.25, -0.2) is 4.79 Å². The number of rotatable bonds is 6. The van der Waals surface area contributed by atoms with Crippen molar-refractivity contribution >= 4 is 23.6 Å². The van der Waals surface area contributed by atoms with Crippen LogP contribution in [0.4, 0.5) is 5.69 Å². The number of esters is 1. The highest BCUT2D eigenvalue weighted by atomic mass is 16.5. The van der Waals surface area contributed by atoms with E-state index in [-0.39, 0.29) is 12.5 Å². The van der Waals surface area contributed by atoms with Gasteiger partial charge in [0, 0.05) is 11.8 Å². The molecular formula is C22H25NO3. The third-order valence-corrected chi connectivity index (χ3v) is 4.02. The standard InChI is InChI=1S/C22H25NO3/c1-15(2)19-9-6-18(7-10-19)8-12-22(25)26-14-21(24)23-20-11-5-16(3)13-17(20)4/h5-13,15H,14H2,1-4H3,(H,23,24). The maximum Gasteiger partial charge on any atom is 0.331 e. The van der Waals surface area contributed by atoms with E-state index < -0.39 is 5.97 Å². The molecule has 0 radical (unpaired) electrons. The minimum atomic E-state index is -0.547. The molecule has 2 aromatic rings. The lowest BCUT2D eigenvalue weighted by molar-refractivity contribution is -0.142. The zero-order valence-electron chi connectivity index (χ0n) is 15.7. The maximum atomic E-state index is 11.9. The van der Waals surface area contributed by atoms with Gasteiger partial charge in [-0.2, -0.15) is 0 Å². The van der Waals surface area contributed by atoms with Crippen molar-refractivity contribution in [2.24, 2.45) is 0 Å². The zero-order chi connectivity index (χ0) is 19.1. The van der Waals surface area contributed by atoms with Crippen LogP contribution >= 0.6 is 0 Å². The van der Waals surface area contributed by atoms with Gasteiger partial charge in [-0.15, -0.1) is 0 Å². The zero-order valence-corrected chi connectivity index (χ0v) is 15.7. The van der Waals surface area contributed by atoms with Gasteiger partial charge in [-0.1, -0.05) is 55.8 Å². The Morgan fingerprint density at radius 2 is 1.77 bits per heavy atom. The Bertz CT molecular complexity index is 805. The molecule has 2 aromatic carbocycles. The Balaban J connectivity index is 1.83. The van der Waals surface area contributed by atoms with Gasteiger partial charge in [-0.05, 0) is 48.6 Å². The molecule has 26 heavy (non-hydrogen) atoms. The Hall–Kier alpha value is -2.88. The van der Waals surface area contributed by atoms with E-state index in [2.05, 4.69) is 19.2 Å². The highest BCUT2D eigenvalue weighted by molar-refractivity contribution is 5.95. The molecule has 1 N–H and O–H groups in total. The average Bonchev–Trinajstić information content (AvgIpc) is 2.61. The topological polar surface area (TPSA) is 55.4 Å². The third-order valence-electron chi connectivity index (χ3n) is 4.02. The summed E-state index contributed by atoms with van der Waals surface area (Å²) >= 11 is 0. The normalized spacial score (nSPS) is 11.0. The summed E-state index contributed by atoms with van der Waals surface area (Å²) in [6.45, 7) is 7.85. The van der Waals surface area contributed by atoms with Gasteiger partial charge in [-0.3, -0.25) is 4.79 Å². The van der Waals surface area contributed by atoms with E-state index in [0.29, 0.717) is 5.92 Å². The minimum Gasteiger partial charge on any atom is -0.452 e. The van der Waals surface area contributed by atoms with Crippen LogP contribution < -0.4 is 5.32 Å². The van der Waals surface area contributed by atoms with Crippen LogP contribution in [0.2, 0.25) is 0 Å². The van der Waals surface area contributed by atoms with Crippen molar-refractivity contribution in [2.45, 2.75) is 33.6 Å². The van der Waals surface area contributed by atoms with Gasteiger partial charge in [0.1, 0.15) is 0 Å². The lowest BCUT2D eigenvalue weighted by Gasteiger charge is -2.09. The molecule has 0 saturated heterocycles. The summed E-state index contributed by atoms with van der Waals surface area (Å²) in [5.41, 5.74) is 4.96. The number of carbonyl (C=O) groups is 2. The molecule has 2 rings (SSSR count). The van der Waals surface area contributed by atoms with Gasteiger partial charge in [0.25, 0.3) is 5.91 Å². The first kappa shape index (κ1) is 19.4. The van der Waals surface area contributed by atoms with Crippen molar-refractivity contribution in [3.63, 3.8) is 0 Å². The van der Waals surface area contributed by atoms with E-state index in [1.165, 1.54) is 11.6 Å². The lowest BCUT2D eigenvalue weighted by Crippen LogP contribution is -2.20. The molecule has 136 valence electrons. The Labute approximate surface area is 154 Å². The Morgan fingerprint density at radius 3 is 2.38 bits per heavy atom. The number of hydrogen-bond donors (Lipinski definition) is 1. The summed E-state index contributed by atoms with van der Waals surface area (Å²) in [6, 6.07) is 13.7. The van der Waals surface area contributed by atoms with Crippen molar-refractivity contribution in [2.75, 3.05) is 11.9 Å². The van der Waals surface area contributed by atoms with Crippen LogP contribution in [0.1, 0.15) is 42.0 Å². The summed E-state index contributed by atoms with van der Waals surface area (Å²) in [5.74, 6) is -0.442. The molecule has 0 unspecified atom stereocenters. The Kier molecular flexibility index (Phi) is 6.73. The second-order valence-corrected chi connectivity index (χ2v) is 6.63. The monoisotopic (exact) mass is 351 g/mol. The molecule has 4 nitrogen and oxygen atoms in total. The fourth-order valence-corrected chi connectivity index (χ4v) is 2.48. The number of benzene rings is 2. The van der Waals surface area contributed by atoms with Crippen LogP contribution in [0, 0.1) is 13.8 Å². The van der Waals surface area contributed by atoms with Crippen LogP contribution in [0.15, 0.2) is 48.5 Å². The summed E-state index contributed by atoms with van der Waals surface area (Å²) in [7, 11) is 0. The number of nitrogens with one attached hydrogen (secondary N) is 1. The predicted molar refractivity (Wildman–Crippen MR) is 105 cm³/mol. The maximum absolute atomic E-state index is 11.9. The number of carbonyl (C=O) groups excluding carboxylic acids is 2. The van der Waals surface area contributed by atoms with Crippen LogP contribution in [0.25, 0.3) is 6.08 Å². The lowest BCUT2D eigenvalue weighted by atomic mass is 10.0. The molecule has 0 saturated carbocycles. The molecule has 0 fully saturated rings. The molecule has 4 heteroatoms. The van der Waals surface area contributed by atoms with Crippen LogP contribution in [0.5, 0.6) is 0 Å². The summed E-state index contributed by atoms with van der Waals surface area (Å²) in [6.07, 6.45) is 3.00.